The number of furan rings is 1. The molecule has 1 aliphatic rings. The first-order chi connectivity index (χ1) is 12.1. The molecule has 1 aromatic heterocycles. The van der Waals surface area contributed by atoms with Crippen molar-refractivity contribution in [2.24, 2.45) is 10.4 Å². The number of nitrogens with zero attached hydrogens (tertiary/aromatic N) is 1. The molecule has 0 radical (unpaired) electrons. The topological polar surface area (TPSA) is 78.7 Å². The van der Waals surface area contributed by atoms with Gasteiger partial charge in [0.15, 0.2) is 11.7 Å². The molecule has 0 aromatic carbocycles. The molecule has 6 nitrogen and oxygen atoms in total. The largest absolute Gasteiger partial charge is 0.459 e. The Morgan fingerprint density at radius 2 is 1.96 bits per heavy atom. The maximum atomic E-state index is 12.0. The van der Waals surface area contributed by atoms with Gasteiger partial charge in [-0.1, -0.05) is 13.3 Å². The van der Waals surface area contributed by atoms with E-state index in [0.717, 1.165) is 37.6 Å². The molecule has 2 rings (SSSR count). The summed E-state index contributed by atoms with van der Waals surface area (Å²) in [6, 6.07) is 1.79. The van der Waals surface area contributed by atoms with Gasteiger partial charge in [0.1, 0.15) is 0 Å². The number of carbonyl (C=O) groups is 1. The molecule has 0 atom stereocenters. The lowest BCUT2D eigenvalue weighted by atomic mass is 9.67. The second-order valence-corrected chi connectivity index (χ2v) is 6.87. The van der Waals surface area contributed by atoms with Gasteiger partial charge in [-0.2, -0.15) is 0 Å². The lowest BCUT2D eigenvalue weighted by molar-refractivity contribution is 0.0925. The number of halogens is 1. The monoisotopic (exact) mass is 476 g/mol. The molecule has 1 aliphatic carbocycles. The van der Waals surface area contributed by atoms with E-state index in [1.165, 1.54) is 31.9 Å². The van der Waals surface area contributed by atoms with Crippen LogP contribution in [0.2, 0.25) is 0 Å². The van der Waals surface area contributed by atoms with Crippen molar-refractivity contribution in [2.45, 2.75) is 52.9 Å². The van der Waals surface area contributed by atoms with E-state index in [1.807, 2.05) is 6.92 Å². The second kappa shape index (κ2) is 11.5. The maximum Gasteiger partial charge on any atom is 0.287 e. The van der Waals surface area contributed by atoms with Gasteiger partial charge >= 0.3 is 0 Å². The van der Waals surface area contributed by atoms with Crippen LogP contribution < -0.4 is 16.0 Å². The SMILES string of the molecule is CCNC(=NCC1(CC)CCC1)NCCCNC(=O)c1occc1C.I. The molecule has 1 fully saturated rings. The van der Waals surface area contributed by atoms with Crippen LogP contribution in [-0.4, -0.2) is 38.0 Å². The van der Waals surface area contributed by atoms with Gasteiger partial charge in [-0.05, 0) is 51.0 Å². The van der Waals surface area contributed by atoms with Crippen molar-refractivity contribution in [1.82, 2.24) is 16.0 Å². The fourth-order valence-corrected chi connectivity index (χ4v) is 3.07. The van der Waals surface area contributed by atoms with Gasteiger partial charge < -0.3 is 20.4 Å². The lowest BCUT2D eigenvalue weighted by Gasteiger charge is -2.40. The summed E-state index contributed by atoms with van der Waals surface area (Å²) in [5.41, 5.74) is 1.29. The number of carbonyl (C=O) groups excluding carboxylic acids is 1. The highest BCUT2D eigenvalue weighted by atomic mass is 127. The predicted molar refractivity (Wildman–Crippen MR) is 116 cm³/mol. The van der Waals surface area contributed by atoms with Gasteiger partial charge in [-0.3, -0.25) is 9.79 Å². The zero-order valence-corrected chi connectivity index (χ0v) is 18.5. The Bertz CT molecular complexity index is 576. The van der Waals surface area contributed by atoms with Crippen LogP contribution in [0.1, 0.15) is 62.1 Å². The number of aliphatic imine (C=N–C) groups is 1. The number of hydrogen-bond donors (Lipinski definition) is 3. The number of rotatable bonds is 9. The fraction of sp³-hybridized carbons (Fsp3) is 0.684. The second-order valence-electron chi connectivity index (χ2n) is 6.87. The highest BCUT2D eigenvalue weighted by Crippen LogP contribution is 2.43. The minimum Gasteiger partial charge on any atom is -0.459 e. The Kier molecular flexibility index (Phi) is 10.0. The highest BCUT2D eigenvalue weighted by molar-refractivity contribution is 14.0. The Hall–Kier alpha value is -1.25. The molecule has 1 amide bonds. The standard InChI is InChI=1S/C19H32N4O2.HI/c1-4-19(9-6-10-19)14-23-18(20-5-2)22-12-7-11-21-17(24)16-15(3)8-13-25-16;/h8,13H,4-7,9-12,14H2,1-3H3,(H,21,24)(H2,20,22,23);1H. The molecular weight excluding hydrogens is 443 g/mol. The number of aryl methyl sites for hydroxylation is 1. The van der Waals surface area contributed by atoms with E-state index >= 15 is 0 Å². The van der Waals surface area contributed by atoms with Crippen LogP contribution in [-0.2, 0) is 0 Å². The predicted octanol–water partition coefficient (Wildman–Crippen LogP) is 3.46. The van der Waals surface area contributed by atoms with Crippen molar-refractivity contribution >= 4 is 35.8 Å². The van der Waals surface area contributed by atoms with Gasteiger partial charge in [0.2, 0.25) is 0 Å². The fourth-order valence-electron chi connectivity index (χ4n) is 3.07. The summed E-state index contributed by atoms with van der Waals surface area (Å²) in [5, 5.41) is 9.53. The molecule has 148 valence electrons. The number of nitrogens with one attached hydrogen (secondary N) is 3. The van der Waals surface area contributed by atoms with E-state index in [9.17, 15) is 4.79 Å². The Morgan fingerprint density at radius 3 is 2.50 bits per heavy atom. The minimum absolute atomic E-state index is 0. The maximum absolute atomic E-state index is 12.0. The van der Waals surface area contributed by atoms with Crippen LogP contribution >= 0.6 is 24.0 Å². The van der Waals surface area contributed by atoms with Gasteiger partial charge in [0, 0.05) is 31.7 Å². The molecule has 3 N–H and O–H groups in total. The van der Waals surface area contributed by atoms with E-state index < -0.39 is 0 Å². The van der Waals surface area contributed by atoms with Crippen LogP contribution in [0.4, 0.5) is 0 Å². The summed E-state index contributed by atoms with van der Waals surface area (Å²) in [7, 11) is 0. The third-order valence-electron chi connectivity index (χ3n) is 5.08. The zero-order chi connectivity index (χ0) is 18.1. The van der Waals surface area contributed by atoms with Crippen LogP contribution in [0.25, 0.3) is 0 Å². The van der Waals surface area contributed by atoms with Crippen LogP contribution in [0, 0.1) is 12.3 Å². The molecule has 1 heterocycles. The van der Waals surface area contributed by atoms with Gasteiger partial charge in [0.05, 0.1) is 6.26 Å². The normalized spacial score (nSPS) is 15.6. The molecule has 0 bridgehead atoms. The number of hydrogen-bond acceptors (Lipinski definition) is 3. The first kappa shape index (κ1) is 22.8. The summed E-state index contributed by atoms with van der Waals surface area (Å²) in [4.78, 5) is 16.7. The molecular formula is C19H33IN4O2. The van der Waals surface area contributed by atoms with Crippen LogP contribution in [0.5, 0.6) is 0 Å². The average molecular weight is 476 g/mol. The summed E-state index contributed by atoms with van der Waals surface area (Å²) in [6.07, 6.45) is 7.50. The summed E-state index contributed by atoms with van der Waals surface area (Å²) >= 11 is 0. The number of amides is 1. The highest BCUT2D eigenvalue weighted by Gasteiger charge is 2.34. The molecule has 0 unspecified atom stereocenters. The van der Waals surface area contributed by atoms with E-state index in [4.69, 9.17) is 9.41 Å². The van der Waals surface area contributed by atoms with Crippen LogP contribution in [0.3, 0.4) is 0 Å². The molecule has 26 heavy (non-hydrogen) atoms. The van der Waals surface area contributed by atoms with Crippen molar-refractivity contribution in [3.05, 3.63) is 23.7 Å². The molecule has 1 aromatic rings. The zero-order valence-electron chi connectivity index (χ0n) is 16.2. The number of guanidine groups is 1. The molecule has 0 spiro atoms. The average Bonchev–Trinajstić information content (AvgIpc) is 2.99. The Labute approximate surface area is 174 Å². The minimum atomic E-state index is -0.155. The quantitative estimate of drug-likeness (QED) is 0.221. The van der Waals surface area contributed by atoms with Crippen LogP contribution in [0.15, 0.2) is 21.7 Å². The van der Waals surface area contributed by atoms with Gasteiger partial charge in [-0.15, -0.1) is 24.0 Å². The molecule has 0 saturated heterocycles. The lowest BCUT2D eigenvalue weighted by Crippen LogP contribution is -2.40. The first-order valence-electron chi connectivity index (χ1n) is 9.44. The van der Waals surface area contributed by atoms with Crippen molar-refractivity contribution in [1.29, 1.82) is 0 Å². The summed E-state index contributed by atoms with van der Waals surface area (Å²) in [5.74, 6) is 1.11. The summed E-state index contributed by atoms with van der Waals surface area (Å²) in [6.45, 7) is 9.31. The van der Waals surface area contributed by atoms with Crippen molar-refractivity contribution < 1.29 is 9.21 Å². The molecule has 0 aliphatic heterocycles. The first-order valence-corrected chi connectivity index (χ1v) is 9.44. The van der Waals surface area contributed by atoms with E-state index in [1.54, 1.807) is 6.07 Å². The third-order valence-corrected chi connectivity index (χ3v) is 5.08. The molecule has 7 heteroatoms. The van der Waals surface area contributed by atoms with E-state index in [2.05, 4.69) is 29.8 Å². The molecule has 1 saturated carbocycles. The van der Waals surface area contributed by atoms with E-state index in [-0.39, 0.29) is 29.9 Å². The van der Waals surface area contributed by atoms with Gasteiger partial charge in [0.25, 0.3) is 5.91 Å². The Morgan fingerprint density at radius 1 is 1.23 bits per heavy atom. The third kappa shape index (κ3) is 6.48. The smallest absolute Gasteiger partial charge is 0.287 e. The van der Waals surface area contributed by atoms with E-state index in [0.29, 0.717) is 17.7 Å². The van der Waals surface area contributed by atoms with Crippen molar-refractivity contribution in [3.63, 3.8) is 0 Å². The summed E-state index contributed by atoms with van der Waals surface area (Å²) < 4.78 is 5.19. The van der Waals surface area contributed by atoms with Gasteiger partial charge in [-0.25, -0.2) is 0 Å². The Balaban J connectivity index is 0.00000338. The van der Waals surface area contributed by atoms with Crippen molar-refractivity contribution in [2.75, 3.05) is 26.2 Å². The van der Waals surface area contributed by atoms with Crippen molar-refractivity contribution in [3.8, 4) is 0 Å².